The predicted molar refractivity (Wildman–Crippen MR) is 110 cm³/mol. The van der Waals surface area contributed by atoms with Gasteiger partial charge < -0.3 is 20.4 Å². The number of ether oxygens (including phenoxy) is 1. The average molecular weight is 392 g/mol. The van der Waals surface area contributed by atoms with Crippen molar-refractivity contribution in [3.8, 4) is 29.0 Å². The second-order valence-electron chi connectivity index (χ2n) is 6.84. The molecule has 1 aliphatic rings. The molecular formula is C21H24N6O2. The largest absolute Gasteiger partial charge is 0.492 e. The van der Waals surface area contributed by atoms with E-state index in [4.69, 9.17) is 10.5 Å². The van der Waals surface area contributed by atoms with Crippen LogP contribution < -0.4 is 16.0 Å². The van der Waals surface area contributed by atoms with Crippen molar-refractivity contribution in [1.29, 1.82) is 10.5 Å². The quantitative estimate of drug-likeness (QED) is 0.761. The van der Waals surface area contributed by atoms with Gasteiger partial charge in [0.1, 0.15) is 41.4 Å². The number of hydrogen-bond acceptors (Lipinski definition) is 7. The molecule has 29 heavy (non-hydrogen) atoms. The fourth-order valence-electron chi connectivity index (χ4n) is 3.53. The SMILES string of the molecule is CCN1CCN(CCOc2ccccc2-c2c(C#N)c(N)[nH]c(=O)c2C#N)CC1. The van der Waals surface area contributed by atoms with E-state index in [-0.39, 0.29) is 22.5 Å². The summed E-state index contributed by atoms with van der Waals surface area (Å²) in [5.41, 5.74) is 5.83. The van der Waals surface area contributed by atoms with Crippen LogP contribution in [0.2, 0.25) is 0 Å². The van der Waals surface area contributed by atoms with E-state index in [0.717, 1.165) is 39.3 Å². The Bertz CT molecular complexity index is 1010. The summed E-state index contributed by atoms with van der Waals surface area (Å²) in [6.45, 7) is 8.58. The first-order valence-electron chi connectivity index (χ1n) is 9.61. The number of likely N-dealkylation sites (N-methyl/N-ethyl adjacent to an activating group) is 1. The van der Waals surface area contributed by atoms with Gasteiger partial charge in [0.25, 0.3) is 5.56 Å². The predicted octanol–water partition coefficient (Wildman–Crippen LogP) is 1.38. The number of nitrogens with one attached hydrogen (secondary N) is 1. The first-order chi connectivity index (χ1) is 14.1. The van der Waals surface area contributed by atoms with Gasteiger partial charge in [0.05, 0.1) is 0 Å². The van der Waals surface area contributed by atoms with E-state index in [1.165, 1.54) is 0 Å². The van der Waals surface area contributed by atoms with E-state index in [1.807, 2.05) is 18.2 Å². The van der Waals surface area contributed by atoms with Crippen LogP contribution in [0.15, 0.2) is 29.1 Å². The molecule has 150 valence electrons. The number of nitrogen functional groups attached to an aromatic ring is 1. The summed E-state index contributed by atoms with van der Waals surface area (Å²) in [5.74, 6) is 0.452. The first-order valence-corrected chi connectivity index (χ1v) is 9.61. The van der Waals surface area contributed by atoms with E-state index in [1.54, 1.807) is 18.2 Å². The normalized spacial score (nSPS) is 14.9. The molecule has 8 nitrogen and oxygen atoms in total. The minimum Gasteiger partial charge on any atom is -0.492 e. The van der Waals surface area contributed by atoms with Gasteiger partial charge in [-0.1, -0.05) is 25.1 Å². The molecule has 0 aliphatic carbocycles. The van der Waals surface area contributed by atoms with E-state index in [9.17, 15) is 15.3 Å². The Hall–Kier alpha value is -3.33. The maximum Gasteiger partial charge on any atom is 0.268 e. The van der Waals surface area contributed by atoms with Crippen molar-refractivity contribution < 1.29 is 4.74 Å². The molecule has 1 aliphatic heterocycles. The van der Waals surface area contributed by atoms with Crippen LogP contribution in [0.1, 0.15) is 18.1 Å². The summed E-state index contributed by atoms with van der Waals surface area (Å²) in [7, 11) is 0. The lowest BCUT2D eigenvalue weighted by atomic mass is 9.96. The molecule has 0 saturated carbocycles. The maximum atomic E-state index is 12.2. The third kappa shape index (κ3) is 4.40. The van der Waals surface area contributed by atoms with Gasteiger partial charge in [-0.2, -0.15) is 10.5 Å². The van der Waals surface area contributed by atoms with E-state index in [0.29, 0.717) is 17.9 Å². The summed E-state index contributed by atoms with van der Waals surface area (Å²) in [6.07, 6.45) is 0. The van der Waals surface area contributed by atoms with Crippen molar-refractivity contribution in [1.82, 2.24) is 14.8 Å². The van der Waals surface area contributed by atoms with Crippen LogP contribution in [0.4, 0.5) is 5.82 Å². The van der Waals surface area contributed by atoms with E-state index >= 15 is 0 Å². The molecule has 0 bridgehead atoms. The third-order valence-corrected chi connectivity index (χ3v) is 5.20. The van der Waals surface area contributed by atoms with Crippen LogP contribution >= 0.6 is 0 Å². The topological polar surface area (TPSA) is 122 Å². The molecule has 3 N–H and O–H groups in total. The number of aromatic amines is 1. The number of pyridine rings is 1. The number of aromatic nitrogens is 1. The Morgan fingerprint density at radius 1 is 1.10 bits per heavy atom. The second kappa shape index (κ2) is 9.24. The molecule has 1 aromatic heterocycles. The molecule has 0 amide bonds. The summed E-state index contributed by atoms with van der Waals surface area (Å²) in [6, 6.07) is 11.0. The zero-order valence-electron chi connectivity index (χ0n) is 16.4. The Morgan fingerprint density at radius 2 is 1.76 bits per heavy atom. The number of benzene rings is 1. The lowest BCUT2D eigenvalue weighted by molar-refractivity contribution is 0.121. The third-order valence-electron chi connectivity index (χ3n) is 5.20. The van der Waals surface area contributed by atoms with Crippen molar-refractivity contribution in [3.63, 3.8) is 0 Å². The highest BCUT2D eigenvalue weighted by Gasteiger charge is 2.21. The van der Waals surface area contributed by atoms with Gasteiger partial charge in [0.15, 0.2) is 0 Å². The number of anilines is 1. The van der Waals surface area contributed by atoms with E-state index in [2.05, 4.69) is 21.7 Å². The van der Waals surface area contributed by atoms with Crippen molar-refractivity contribution in [2.45, 2.75) is 6.92 Å². The van der Waals surface area contributed by atoms with Crippen LogP contribution in [-0.4, -0.2) is 60.7 Å². The fraction of sp³-hybridized carbons (Fsp3) is 0.381. The van der Waals surface area contributed by atoms with Gasteiger partial charge in [0, 0.05) is 43.9 Å². The number of nitriles is 2. The second-order valence-corrected chi connectivity index (χ2v) is 6.84. The van der Waals surface area contributed by atoms with Crippen molar-refractivity contribution in [2.75, 3.05) is 51.6 Å². The zero-order chi connectivity index (χ0) is 20.8. The molecule has 2 aromatic rings. The minimum atomic E-state index is -0.623. The minimum absolute atomic E-state index is 0.0601. The molecule has 8 heteroatoms. The molecule has 1 aromatic carbocycles. The maximum absolute atomic E-state index is 12.2. The van der Waals surface area contributed by atoms with Gasteiger partial charge >= 0.3 is 0 Å². The van der Waals surface area contributed by atoms with Gasteiger partial charge in [-0.25, -0.2) is 0 Å². The Morgan fingerprint density at radius 3 is 2.41 bits per heavy atom. The van der Waals surface area contributed by atoms with Gasteiger partial charge in [-0.3, -0.25) is 9.69 Å². The first kappa shape index (κ1) is 20.4. The summed E-state index contributed by atoms with van der Waals surface area (Å²) < 4.78 is 6.00. The summed E-state index contributed by atoms with van der Waals surface area (Å²) >= 11 is 0. The van der Waals surface area contributed by atoms with Crippen LogP contribution in [0.5, 0.6) is 5.75 Å². The molecule has 0 spiro atoms. The van der Waals surface area contributed by atoms with Crippen LogP contribution in [0, 0.1) is 22.7 Å². The lowest BCUT2D eigenvalue weighted by Crippen LogP contribution is -2.47. The van der Waals surface area contributed by atoms with Crippen LogP contribution in [0.25, 0.3) is 11.1 Å². The number of para-hydroxylation sites is 1. The molecule has 2 heterocycles. The number of rotatable bonds is 6. The molecule has 0 atom stereocenters. The molecular weight excluding hydrogens is 368 g/mol. The molecule has 0 radical (unpaired) electrons. The highest BCUT2D eigenvalue weighted by Crippen LogP contribution is 2.34. The highest BCUT2D eigenvalue weighted by molar-refractivity contribution is 5.83. The molecule has 0 unspecified atom stereocenters. The van der Waals surface area contributed by atoms with Gasteiger partial charge in [-0.05, 0) is 12.6 Å². The summed E-state index contributed by atoms with van der Waals surface area (Å²) in [4.78, 5) is 19.3. The molecule has 3 rings (SSSR count). The van der Waals surface area contributed by atoms with Crippen molar-refractivity contribution >= 4 is 5.82 Å². The Balaban J connectivity index is 1.83. The average Bonchev–Trinajstić information content (AvgIpc) is 2.74. The fourth-order valence-corrected chi connectivity index (χ4v) is 3.53. The number of H-pyrrole nitrogens is 1. The van der Waals surface area contributed by atoms with Gasteiger partial charge in [-0.15, -0.1) is 0 Å². The van der Waals surface area contributed by atoms with Crippen molar-refractivity contribution in [2.24, 2.45) is 0 Å². The van der Waals surface area contributed by atoms with Gasteiger partial charge in [0.2, 0.25) is 0 Å². The zero-order valence-corrected chi connectivity index (χ0v) is 16.4. The number of nitrogens with two attached hydrogens (primary N) is 1. The summed E-state index contributed by atoms with van der Waals surface area (Å²) in [5, 5.41) is 19.0. The number of hydrogen-bond donors (Lipinski definition) is 2. The van der Waals surface area contributed by atoms with E-state index < -0.39 is 5.56 Å². The highest BCUT2D eigenvalue weighted by atomic mass is 16.5. The molecule has 1 fully saturated rings. The number of piperazine rings is 1. The van der Waals surface area contributed by atoms with Crippen LogP contribution in [-0.2, 0) is 0 Å². The smallest absolute Gasteiger partial charge is 0.268 e. The van der Waals surface area contributed by atoms with Crippen LogP contribution in [0.3, 0.4) is 0 Å². The van der Waals surface area contributed by atoms with Crippen molar-refractivity contribution in [3.05, 3.63) is 45.7 Å². The molecule has 1 saturated heterocycles. The lowest BCUT2D eigenvalue weighted by Gasteiger charge is -2.33. The number of nitrogens with zero attached hydrogens (tertiary/aromatic N) is 4. The monoisotopic (exact) mass is 392 g/mol. The Labute approximate surface area is 169 Å². The standard InChI is InChI=1S/C21H24N6O2/c1-2-26-7-9-27(10-8-26)11-12-29-18-6-4-3-5-15(18)19-16(13-22)20(24)25-21(28)17(19)14-23/h3-6H,2,7-12H2,1H3,(H3,24,25,28). The Kier molecular flexibility index (Phi) is 6.50.